The van der Waals surface area contributed by atoms with Crippen LogP contribution in [0.3, 0.4) is 0 Å². The topological polar surface area (TPSA) is 77.8 Å². The molecule has 0 aliphatic carbocycles. The fourth-order valence-electron chi connectivity index (χ4n) is 18.5. The van der Waals surface area contributed by atoms with Crippen LogP contribution >= 0.6 is 0 Å². The minimum Gasteiger partial charge on any atom is -0.456 e. The number of aromatic nitrogens is 4. The van der Waals surface area contributed by atoms with Crippen molar-refractivity contribution in [1.82, 2.24) is 19.9 Å². The zero-order chi connectivity index (χ0) is 80.3. The number of rotatable bonds is 13. The molecule has 24 rings (SSSR count). The second kappa shape index (κ2) is 28.8. The highest BCUT2D eigenvalue weighted by atomic mass is 16.3. The Balaban J connectivity index is 0.503. The van der Waals surface area contributed by atoms with E-state index in [1.54, 1.807) is 0 Å². The van der Waals surface area contributed by atoms with Crippen LogP contribution in [0.5, 0.6) is 0 Å². The lowest BCUT2D eigenvalue weighted by Gasteiger charge is -2.13. The number of hydrogen-bond donors (Lipinski definition) is 0. The molecule has 0 saturated carbocycles. The molecule has 0 N–H and O–H groups in total. The van der Waals surface area contributed by atoms with Crippen molar-refractivity contribution in [2.75, 3.05) is 0 Å². The number of benzene rings is 20. The van der Waals surface area contributed by atoms with Gasteiger partial charge in [0, 0.05) is 60.5 Å². The van der Waals surface area contributed by atoms with Gasteiger partial charge in [0.15, 0.2) is 11.6 Å². The van der Waals surface area contributed by atoms with E-state index in [0.717, 1.165) is 178 Å². The summed E-state index contributed by atoms with van der Waals surface area (Å²) < 4.78 is 13.2. The van der Waals surface area contributed by atoms with Gasteiger partial charge in [0.05, 0.1) is 22.8 Å². The predicted molar refractivity (Wildman–Crippen MR) is 508 cm³/mol. The van der Waals surface area contributed by atoms with E-state index in [9.17, 15) is 0 Å². The van der Waals surface area contributed by atoms with E-state index in [1.165, 1.54) is 64.6 Å². The molecule has 0 radical (unpaired) electrons. The summed E-state index contributed by atoms with van der Waals surface area (Å²) in [5, 5.41) is 19.5. The van der Waals surface area contributed by atoms with Crippen molar-refractivity contribution >= 4 is 109 Å². The summed E-state index contributed by atoms with van der Waals surface area (Å²) in [5.74, 6) is 1.32. The summed E-state index contributed by atoms with van der Waals surface area (Å²) in [5.41, 5.74) is 28.3. The van der Waals surface area contributed by atoms with Gasteiger partial charge >= 0.3 is 0 Å². The van der Waals surface area contributed by atoms with Gasteiger partial charge in [0.1, 0.15) is 22.3 Å². The SMILES string of the molecule is c1ccc(-c2cc(-c3ccc(-c4ccc(-c5cccc6c5oc5cc(-c7ccc(-c8cc(-c9ccc(-c%10ccc(-c%11ccc%12c(c%11)oc%11ccccc%11%12)cc%10)cc9)nc(-c9ccc(-c%10ccc%11c%12ccccc%12c%12ccccc%12c%11c%10)cc9)n8)cc7)ccc56)cc4)cc3)nc(-c3ccc(-c4ccc5c6ccccc6c6ccccc6c5c4)cc3)n2)cc1. The highest BCUT2D eigenvalue weighted by Crippen LogP contribution is 2.45. The Morgan fingerprint density at radius 1 is 0.131 bits per heavy atom. The molecule has 6 heteroatoms. The van der Waals surface area contributed by atoms with Crippen molar-refractivity contribution in [2.24, 2.45) is 0 Å². The monoisotopic (exact) mass is 1550 g/mol. The number of nitrogens with zero attached hydrogens (tertiary/aromatic N) is 4. The summed E-state index contributed by atoms with van der Waals surface area (Å²) in [6.07, 6.45) is 0. The lowest BCUT2D eigenvalue weighted by Crippen LogP contribution is -1.96. The van der Waals surface area contributed by atoms with E-state index in [0.29, 0.717) is 11.6 Å². The van der Waals surface area contributed by atoms with E-state index in [-0.39, 0.29) is 0 Å². The third-order valence-corrected chi connectivity index (χ3v) is 24.8. The third kappa shape index (κ3) is 12.3. The Hall–Kier alpha value is -16.3. The van der Waals surface area contributed by atoms with Crippen molar-refractivity contribution in [2.45, 2.75) is 0 Å². The first kappa shape index (κ1) is 70.0. The molecule has 0 bridgehead atoms. The van der Waals surface area contributed by atoms with Gasteiger partial charge in [-0.25, -0.2) is 19.9 Å². The van der Waals surface area contributed by atoms with Crippen LogP contribution in [0.2, 0.25) is 0 Å². The predicted octanol–water partition coefficient (Wildman–Crippen LogP) is 31.7. The summed E-state index contributed by atoms with van der Waals surface area (Å²) in [4.78, 5) is 21.2. The summed E-state index contributed by atoms with van der Waals surface area (Å²) >= 11 is 0. The third-order valence-electron chi connectivity index (χ3n) is 24.8. The fourth-order valence-corrected chi connectivity index (χ4v) is 18.5. The largest absolute Gasteiger partial charge is 0.456 e. The fraction of sp³-hybridized carbons (Fsp3) is 0. The molecule has 6 nitrogen and oxygen atoms in total. The first-order valence-electron chi connectivity index (χ1n) is 41.5. The molecule has 4 heterocycles. The Labute approximate surface area is 702 Å². The summed E-state index contributed by atoms with van der Waals surface area (Å²) in [6, 6.07) is 152. The molecule has 0 atom stereocenters. The van der Waals surface area contributed by atoms with Crippen LogP contribution in [0, 0.1) is 0 Å². The second-order valence-electron chi connectivity index (χ2n) is 31.8. The van der Waals surface area contributed by atoms with Crippen LogP contribution in [0.25, 0.3) is 254 Å². The molecule has 0 spiro atoms. The molecule has 0 saturated heterocycles. The van der Waals surface area contributed by atoms with Gasteiger partial charge in [0.25, 0.3) is 0 Å². The van der Waals surface area contributed by atoms with Crippen LogP contribution in [-0.4, -0.2) is 19.9 Å². The zero-order valence-corrected chi connectivity index (χ0v) is 66.0. The first-order chi connectivity index (χ1) is 60.4. The van der Waals surface area contributed by atoms with Crippen molar-refractivity contribution in [3.8, 4) is 146 Å². The van der Waals surface area contributed by atoms with E-state index in [4.69, 9.17) is 28.8 Å². The highest BCUT2D eigenvalue weighted by molar-refractivity contribution is 6.27. The lowest BCUT2D eigenvalue weighted by atomic mass is 9.92. The minimum absolute atomic E-state index is 0.647. The maximum Gasteiger partial charge on any atom is 0.160 e. The molecule has 0 amide bonds. The van der Waals surface area contributed by atoms with Crippen molar-refractivity contribution < 1.29 is 8.83 Å². The molecule has 122 heavy (non-hydrogen) atoms. The standard InChI is InChI=1S/C116H70N4O2/c1-2-15-80(16-3-1)107-69-108(118-115(117-107)84-53-41-75(42-54-84)86-57-61-99-95-21-6-4-17-91(95)93-19-8-10-23-97(93)105(99)65-86)81-49-37-74(38-50-81)72-33-45-79(46-34-72)90-26-14-27-104-103-64-60-89(68-113(103)122-114(90)104)78-39-51-83(52-40-78)110-70-109(82-47-35-73(36-48-82)71-29-31-77(32-30-71)88-59-63-102-101-25-12-13-28-111(101)121-112(102)67-88)119-116(120-110)85-55-43-76(44-56-85)87-58-62-100-96-22-7-5-18-92(96)94-20-9-11-24-98(94)106(100)66-87/h1-70H. The average molecular weight is 1550 g/mol. The van der Waals surface area contributed by atoms with E-state index >= 15 is 0 Å². The molecule has 20 aromatic carbocycles. The van der Waals surface area contributed by atoms with Crippen molar-refractivity contribution in [3.63, 3.8) is 0 Å². The number of fused-ring (bicyclic) bond motifs is 18. The van der Waals surface area contributed by atoms with Gasteiger partial charge in [0.2, 0.25) is 0 Å². The molecular formula is C116H70N4O2. The quantitative estimate of drug-likeness (QED) is 0.107. The Morgan fingerprint density at radius 2 is 0.377 bits per heavy atom. The highest BCUT2D eigenvalue weighted by Gasteiger charge is 2.21. The van der Waals surface area contributed by atoms with E-state index < -0.39 is 0 Å². The molecular weight excluding hydrogens is 1480 g/mol. The molecule has 4 aromatic heterocycles. The number of furan rings is 2. The molecule has 566 valence electrons. The van der Waals surface area contributed by atoms with Gasteiger partial charge < -0.3 is 8.83 Å². The Morgan fingerprint density at radius 3 is 0.762 bits per heavy atom. The molecule has 0 aliphatic heterocycles. The first-order valence-corrected chi connectivity index (χ1v) is 41.5. The summed E-state index contributed by atoms with van der Waals surface area (Å²) in [6.45, 7) is 0. The zero-order valence-electron chi connectivity index (χ0n) is 66.0. The van der Waals surface area contributed by atoms with Crippen molar-refractivity contribution in [3.05, 3.63) is 425 Å². The van der Waals surface area contributed by atoms with Gasteiger partial charge in [-0.1, -0.05) is 370 Å². The number of hydrogen-bond acceptors (Lipinski definition) is 6. The molecule has 0 unspecified atom stereocenters. The molecule has 0 aliphatic rings. The molecule has 24 aromatic rings. The van der Waals surface area contributed by atoms with E-state index in [2.05, 4.69) is 406 Å². The van der Waals surface area contributed by atoms with Crippen molar-refractivity contribution in [1.29, 1.82) is 0 Å². The van der Waals surface area contributed by atoms with Crippen LogP contribution in [0.15, 0.2) is 433 Å². The van der Waals surface area contributed by atoms with Crippen LogP contribution in [0.1, 0.15) is 0 Å². The van der Waals surface area contributed by atoms with Crippen LogP contribution in [0.4, 0.5) is 0 Å². The van der Waals surface area contributed by atoms with Gasteiger partial charge in [-0.3, -0.25) is 0 Å². The van der Waals surface area contributed by atoms with Crippen LogP contribution < -0.4 is 0 Å². The smallest absolute Gasteiger partial charge is 0.160 e. The van der Waals surface area contributed by atoms with Gasteiger partial charge in [-0.2, -0.15) is 0 Å². The summed E-state index contributed by atoms with van der Waals surface area (Å²) in [7, 11) is 0. The normalized spacial score (nSPS) is 11.8. The maximum absolute atomic E-state index is 6.93. The number of para-hydroxylation sites is 2. The Bertz CT molecular complexity index is 8230. The van der Waals surface area contributed by atoms with Gasteiger partial charge in [-0.05, 0) is 192 Å². The maximum atomic E-state index is 6.93. The van der Waals surface area contributed by atoms with Gasteiger partial charge in [-0.15, -0.1) is 0 Å². The molecule has 0 fully saturated rings. The minimum atomic E-state index is 0.647. The van der Waals surface area contributed by atoms with Crippen LogP contribution in [-0.2, 0) is 0 Å². The average Bonchev–Trinajstić information content (AvgIpc) is 0.782. The second-order valence-corrected chi connectivity index (χ2v) is 31.8. The van der Waals surface area contributed by atoms with E-state index in [1.807, 2.05) is 18.2 Å². The lowest BCUT2D eigenvalue weighted by molar-refractivity contribution is 0.669. The Kier molecular flexibility index (Phi) is 16.5.